The van der Waals surface area contributed by atoms with Crippen LogP contribution < -0.4 is 20.5 Å². The van der Waals surface area contributed by atoms with Gasteiger partial charge in [-0.15, -0.1) is 0 Å². The molecule has 1 aliphatic heterocycles. The lowest BCUT2D eigenvalue weighted by molar-refractivity contribution is 0.262. The fraction of sp³-hybridized carbons (Fsp3) is 0.200. The van der Waals surface area contributed by atoms with Gasteiger partial charge in [-0.25, -0.2) is 31.5 Å². The lowest BCUT2D eigenvalue weighted by atomic mass is 10.1. The molecule has 13 heteroatoms. The van der Waals surface area contributed by atoms with E-state index in [0.717, 1.165) is 25.9 Å². The van der Waals surface area contributed by atoms with Gasteiger partial charge in [0, 0.05) is 36.6 Å². The highest BCUT2D eigenvalue weighted by atomic mass is 32.2. The van der Waals surface area contributed by atoms with Crippen molar-refractivity contribution in [2.75, 3.05) is 23.7 Å². The molecule has 0 bridgehead atoms. The van der Waals surface area contributed by atoms with Gasteiger partial charge < -0.3 is 15.5 Å². The Balaban J connectivity index is 1.33. The van der Waals surface area contributed by atoms with Crippen LogP contribution in [0.2, 0.25) is 0 Å². The molecule has 11 nitrogen and oxygen atoms in total. The van der Waals surface area contributed by atoms with Gasteiger partial charge in [0.2, 0.25) is 20.0 Å². The van der Waals surface area contributed by atoms with Crippen molar-refractivity contribution in [1.82, 2.24) is 9.62 Å². The number of nitrogens with two attached hydrogens (primary N) is 1. The average molecular weight is 557 g/mol. The maximum atomic E-state index is 12.6. The zero-order valence-corrected chi connectivity index (χ0v) is 22.0. The van der Waals surface area contributed by atoms with Crippen LogP contribution in [0.3, 0.4) is 0 Å². The summed E-state index contributed by atoms with van der Waals surface area (Å²) in [6.45, 7) is 1.66. The molecule has 0 aliphatic carbocycles. The van der Waals surface area contributed by atoms with Gasteiger partial charge in [-0.3, -0.25) is 5.41 Å². The smallest absolute Gasteiger partial charge is 0.323 e. The highest BCUT2D eigenvalue weighted by molar-refractivity contribution is 7.89. The minimum Gasteiger partial charge on any atom is -0.357 e. The highest BCUT2D eigenvalue weighted by Crippen LogP contribution is 2.18. The largest absolute Gasteiger partial charge is 0.357 e. The number of urea groups is 1. The van der Waals surface area contributed by atoms with Crippen LogP contribution in [0.25, 0.3) is 0 Å². The third-order valence-corrected chi connectivity index (χ3v) is 8.30. The molecule has 1 saturated heterocycles. The molecule has 3 aromatic rings. The minimum absolute atomic E-state index is 0.00209. The molecule has 38 heavy (non-hydrogen) atoms. The number of nitrogens with one attached hydrogen (secondary N) is 4. The summed E-state index contributed by atoms with van der Waals surface area (Å²) >= 11 is 0. The molecular formula is C25H28N6O5S2. The van der Waals surface area contributed by atoms with Gasteiger partial charge in [0.1, 0.15) is 5.84 Å². The number of rotatable bonds is 8. The Bertz CT molecular complexity index is 1530. The Morgan fingerprint density at radius 1 is 0.842 bits per heavy atom. The number of nitrogens with zero attached hydrogens (tertiary/aromatic N) is 1. The zero-order chi connectivity index (χ0) is 27.3. The normalized spacial score (nSPS) is 13.8. The fourth-order valence-corrected chi connectivity index (χ4v) is 5.47. The molecule has 0 spiro atoms. The number of benzene rings is 3. The first kappa shape index (κ1) is 27.3. The van der Waals surface area contributed by atoms with Crippen molar-refractivity contribution in [2.24, 2.45) is 5.14 Å². The van der Waals surface area contributed by atoms with Crippen molar-refractivity contribution in [1.29, 1.82) is 5.41 Å². The van der Waals surface area contributed by atoms with Gasteiger partial charge in [0.05, 0.1) is 9.79 Å². The quantitative estimate of drug-likeness (QED) is 0.211. The van der Waals surface area contributed by atoms with Crippen LogP contribution in [0.1, 0.15) is 24.0 Å². The van der Waals surface area contributed by atoms with Crippen LogP contribution >= 0.6 is 0 Å². The Morgan fingerprint density at radius 2 is 1.45 bits per heavy atom. The molecule has 0 atom stereocenters. The first-order valence-corrected chi connectivity index (χ1v) is 14.8. The Morgan fingerprint density at radius 3 is 2.08 bits per heavy atom. The first-order valence-electron chi connectivity index (χ1n) is 11.7. The number of likely N-dealkylation sites (tertiary alicyclic amines) is 1. The second kappa shape index (κ2) is 11.3. The van der Waals surface area contributed by atoms with E-state index in [0.29, 0.717) is 28.3 Å². The predicted octanol–water partition coefficient (Wildman–Crippen LogP) is 2.88. The van der Waals surface area contributed by atoms with E-state index in [2.05, 4.69) is 15.4 Å². The summed E-state index contributed by atoms with van der Waals surface area (Å²) in [7, 11) is -7.68. The van der Waals surface area contributed by atoms with Crippen LogP contribution in [0.5, 0.6) is 0 Å². The third-order valence-electron chi connectivity index (χ3n) is 5.96. The van der Waals surface area contributed by atoms with E-state index >= 15 is 0 Å². The number of primary sulfonamides is 1. The van der Waals surface area contributed by atoms with Crippen LogP contribution in [0.4, 0.5) is 16.2 Å². The summed E-state index contributed by atoms with van der Waals surface area (Å²) in [5.74, 6) is 0.428. The number of amides is 2. The summed E-state index contributed by atoms with van der Waals surface area (Å²) in [5, 5.41) is 18.8. The molecule has 1 heterocycles. The molecule has 4 rings (SSSR count). The van der Waals surface area contributed by atoms with E-state index in [1.54, 1.807) is 18.2 Å². The van der Waals surface area contributed by atoms with E-state index in [9.17, 15) is 21.6 Å². The lowest BCUT2D eigenvalue weighted by Crippen LogP contribution is -2.27. The number of anilines is 2. The molecule has 3 aromatic carbocycles. The fourth-order valence-electron chi connectivity index (χ4n) is 3.94. The number of carbonyl (C=O) groups excluding carboxylic acids is 1. The third kappa shape index (κ3) is 6.95. The molecule has 6 N–H and O–H groups in total. The monoisotopic (exact) mass is 556 g/mol. The minimum atomic E-state index is -3.86. The van der Waals surface area contributed by atoms with E-state index in [-0.39, 0.29) is 16.3 Å². The number of sulfonamides is 2. The predicted molar refractivity (Wildman–Crippen MR) is 145 cm³/mol. The molecule has 0 aromatic heterocycles. The summed E-state index contributed by atoms with van der Waals surface area (Å²) in [6, 6.07) is 17.8. The maximum Gasteiger partial charge on any atom is 0.323 e. The zero-order valence-electron chi connectivity index (χ0n) is 20.3. The van der Waals surface area contributed by atoms with Crippen LogP contribution in [-0.4, -0.2) is 46.7 Å². The molecule has 2 amide bonds. The summed E-state index contributed by atoms with van der Waals surface area (Å²) in [5.41, 5.74) is 2.19. The van der Waals surface area contributed by atoms with Gasteiger partial charge in [-0.05, 0) is 66.9 Å². The van der Waals surface area contributed by atoms with Gasteiger partial charge >= 0.3 is 6.03 Å². The van der Waals surface area contributed by atoms with Crippen molar-refractivity contribution in [3.8, 4) is 0 Å². The van der Waals surface area contributed by atoms with Crippen molar-refractivity contribution < 1.29 is 21.6 Å². The second-order valence-electron chi connectivity index (χ2n) is 8.74. The van der Waals surface area contributed by atoms with Crippen molar-refractivity contribution in [3.63, 3.8) is 0 Å². The number of amidine groups is 1. The van der Waals surface area contributed by atoms with Gasteiger partial charge in [-0.1, -0.05) is 24.3 Å². The Kier molecular flexibility index (Phi) is 8.11. The lowest BCUT2D eigenvalue weighted by Gasteiger charge is -2.19. The Labute approximate surface area is 221 Å². The molecule has 200 valence electrons. The van der Waals surface area contributed by atoms with Crippen LogP contribution in [0, 0.1) is 5.41 Å². The van der Waals surface area contributed by atoms with E-state index < -0.39 is 26.1 Å². The van der Waals surface area contributed by atoms with Crippen molar-refractivity contribution >= 4 is 43.3 Å². The van der Waals surface area contributed by atoms with Gasteiger partial charge in [0.15, 0.2) is 0 Å². The van der Waals surface area contributed by atoms with Crippen molar-refractivity contribution in [2.45, 2.75) is 29.2 Å². The summed E-state index contributed by atoms with van der Waals surface area (Å²) < 4.78 is 50.4. The number of hydrogen-bond acceptors (Lipinski definition) is 6. The van der Waals surface area contributed by atoms with Crippen molar-refractivity contribution in [3.05, 3.63) is 83.9 Å². The molecule has 0 unspecified atom stereocenters. The average Bonchev–Trinajstić information content (AvgIpc) is 3.42. The first-order chi connectivity index (χ1) is 18.0. The maximum absolute atomic E-state index is 12.6. The van der Waals surface area contributed by atoms with E-state index in [1.807, 2.05) is 11.0 Å². The summed E-state index contributed by atoms with van der Waals surface area (Å²) in [4.78, 5) is 14.4. The second-order valence-corrected chi connectivity index (χ2v) is 12.1. The highest BCUT2D eigenvalue weighted by Gasteiger charge is 2.17. The molecule has 0 radical (unpaired) electrons. The molecule has 1 fully saturated rings. The molecule has 0 saturated carbocycles. The SMILES string of the molecule is N=C(c1cccc(NC(=O)Nc2ccc(S(=O)(=O)NCc3ccc(S(N)(=O)=O)cc3)cc2)c1)N1CCCC1. The van der Waals surface area contributed by atoms with E-state index in [1.165, 1.54) is 48.5 Å². The standard InChI is InChI=1S/C25H28N6O5S2/c26-24(31-14-1-2-15-31)19-4-3-5-21(16-19)30-25(32)29-20-8-12-23(13-9-20)38(35,36)28-17-18-6-10-22(11-7-18)37(27,33)34/h3-13,16,26,28H,1-2,14-15,17H2,(H2,27,33,34)(H2,29,30,32). The molecule has 1 aliphatic rings. The number of hydrogen-bond donors (Lipinski definition) is 5. The van der Waals surface area contributed by atoms with Gasteiger partial charge in [-0.2, -0.15) is 0 Å². The Hall–Kier alpha value is -3.78. The van der Waals surface area contributed by atoms with Gasteiger partial charge in [0.25, 0.3) is 0 Å². The van der Waals surface area contributed by atoms with Crippen LogP contribution in [0.15, 0.2) is 82.6 Å². The molecular weight excluding hydrogens is 528 g/mol. The van der Waals surface area contributed by atoms with E-state index in [4.69, 9.17) is 10.5 Å². The number of carbonyl (C=O) groups is 1. The van der Waals surface area contributed by atoms with Crippen LogP contribution in [-0.2, 0) is 26.6 Å². The summed E-state index contributed by atoms with van der Waals surface area (Å²) in [6.07, 6.45) is 2.13. The topological polar surface area (TPSA) is 175 Å².